The molecule has 296 valence electrons. The van der Waals surface area contributed by atoms with Crippen molar-refractivity contribution in [2.45, 2.75) is 97.7 Å². The Balaban J connectivity index is 1.52. The Labute approximate surface area is 321 Å². The minimum atomic E-state index is -1.17. The molecule has 1 aromatic heterocycles. The molecule has 4 atom stereocenters. The van der Waals surface area contributed by atoms with Gasteiger partial charge in [0.1, 0.15) is 30.3 Å². The third kappa shape index (κ3) is 14.0. The number of rotatable bonds is 17. The number of thiazole rings is 1. The molecule has 0 aliphatic carbocycles. The Hall–Kier alpha value is -4.56. The molecule has 1 unspecified atom stereocenters. The second-order valence-corrected chi connectivity index (χ2v) is 15.9. The number of nitrogens with one attached hydrogen (secondary N) is 4. The number of benzene rings is 1. The van der Waals surface area contributed by atoms with Gasteiger partial charge in [-0.1, -0.05) is 45.0 Å². The fourth-order valence-corrected chi connectivity index (χ4v) is 6.32. The van der Waals surface area contributed by atoms with Gasteiger partial charge in [0.25, 0.3) is 0 Å². The van der Waals surface area contributed by atoms with E-state index < -0.39 is 65.0 Å². The number of hydrogen-bond acceptors (Lipinski definition) is 11. The van der Waals surface area contributed by atoms with Crippen molar-refractivity contribution in [3.05, 3.63) is 41.0 Å². The van der Waals surface area contributed by atoms with Crippen LogP contribution in [0.15, 0.2) is 29.8 Å². The van der Waals surface area contributed by atoms with Gasteiger partial charge in [0.2, 0.25) is 23.6 Å². The second-order valence-electron chi connectivity index (χ2n) is 15.0. The number of hydrogen-bond donors (Lipinski definition) is 5. The fourth-order valence-electron chi connectivity index (χ4n) is 5.51. The van der Waals surface area contributed by atoms with Crippen LogP contribution in [0.1, 0.15) is 65.6 Å². The molecule has 3 rings (SSSR count). The number of β-amino-alcohol motifs (C(OH)–C–C–N with tert-alkyl or cyclic N) is 1. The van der Waals surface area contributed by atoms with Gasteiger partial charge < -0.3 is 45.5 Å². The predicted molar refractivity (Wildman–Crippen MR) is 203 cm³/mol. The Kier molecular flexibility index (Phi) is 16.4. The number of aryl methyl sites for hydroxylation is 1. The third-order valence-electron chi connectivity index (χ3n) is 8.19. The summed E-state index contributed by atoms with van der Waals surface area (Å²) in [6.45, 7) is 12.9. The van der Waals surface area contributed by atoms with Gasteiger partial charge in [0, 0.05) is 32.5 Å². The number of terminal acetylenes is 1. The van der Waals surface area contributed by atoms with E-state index in [2.05, 4.69) is 32.2 Å². The van der Waals surface area contributed by atoms with E-state index in [4.69, 9.17) is 20.6 Å². The highest BCUT2D eigenvalue weighted by atomic mass is 32.1. The van der Waals surface area contributed by atoms with Crippen LogP contribution in [0.25, 0.3) is 10.4 Å². The van der Waals surface area contributed by atoms with Crippen LogP contribution in [-0.4, -0.2) is 114 Å². The number of carbonyl (C=O) groups is 5. The monoisotopic (exact) mass is 770 g/mol. The van der Waals surface area contributed by atoms with E-state index in [9.17, 15) is 29.1 Å². The molecule has 5 N–H and O–H groups in total. The van der Waals surface area contributed by atoms with E-state index in [1.807, 2.05) is 31.2 Å². The Bertz CT molecular complexity index is 1630. The zero-order valence-electron chi connectivity index (χ0n) is 32.2. The van der Waals surface area contributed by atoms with Crippen LogP contribution in [-0.2, 0) is 39.9 Å². The minimum Gasteiger partial charge on any atom is -0.444 e. The van der Waals surface area contributed by atoms with Gasteiger partial charge in [-0.15, -0.1) is 23.7 Å². The van der Waals surface area contributed by atoms with Gasteiger partial charge in [0.15, 0.2) is 0 Å². The van der Waals surface area contributed by atoms with Crippen LogP contribution in [0.2, 0.25) is 0 Å². The van der Waals surface area contributed by atoms with Gasteiger partial charge in [-0.2, -0.15) is 0 Å². The summed E-state index contributed by atoms with van der Waals surface area (Å²) < 4.78 is 15.9. The van der Waals surface area contributed by atoms with E-state index in [1.54, 1.807) is 58.4 Å². The average molecular weight is 771 g/mol. The first-order chi connectivity index (χ1) is 25.4. The summed E-state index contributed by atoms with van der Waals surface area (Å²) in [7, 11) is 0. The predicted octanol–water partition coefficient (Wildman–Crippen LogP) is 2.29. The van der Waals surface area contributed by atoms with Crippen LogP contribution in [0.5, 0.6) is 0 Å². The van der Waals surface area contributed by atoms with Crippen LogP contribution in [0.3, 0.4) is 0 Å². The fraction of sp³-hybridized carbons (Fsp3) is 0.579. The van der Waals surface area contributed by atoms with Crippen molar-refractivity contribution in [1.82, 2.24) is 31.2 Å². The molecule has 0 saturated carbocycles. The molecule has 16 heteroatoms. The van der Waals surface area contributed by atoms with Gasteiger partial charge in [-0.25, -0.2) is 9.78 Å². The van der Waals surface area contributed by atoms with E-state index in [0.717, 1.165) is 21.7 Å². The topological polar surface area (TPSA) is 198 Å². The first-order valence-corrected chi connectivity index (χ1v) is 18.7. The lowest BCUT2D eigenvalue weighted by Gasteiger charge is -2.36. The zero-order chi connectivity index (χ0) is 40.1. The molecule has 0 bridgehead atoms. The standard InChI is InChI=1S/C38H54N6O9S/c1-9-10-28(42-30(46)22-52-18-17-51-16-15-39-36(50)53-38(6,7)8)33(47)43-32(37(3,4)5)35(49)44-21-27(45)19-29(44)34(48)40-20-25-11-13-26(14-12-25)31-24(2)41-23-54-31/h1,11-14,23,27-29,32,45H,10,15-22H2,2-8H3,(H,39,50)(H,40,48)(H,42,46)(H,43,47)/t27-,28?,29+,32-/m1/s1. The number of alkyl carbamates (subject to hydrolysis) is 1. The van der Waals surface area contributed by atoms with Gasteiger partial charge in [-0.05, 0) is 44.2 Å². The third-order valence-corrected chi connectivity index (χ3v) is 9.16. The minimum absolute atomic E-state index is 0.0375. The number of carbonyl (C=O) groups excluding carboxylic acids is 5. The molecule has 2 aromatic rings. The molecule has 2 heterocycles. The smallest absolute Gasteiger partial charge is 0.407 e. The van der Waals surface area contributed by atoms with E-state index >= 15 is 0 Å². The van der Waals surface area contributed by atoms with Crippen molar-refractivity contribution in [2.24, 2.45) is 5.41 Å². The number of likely N-dealkylation sites (tertiary alicyclic amines) is 1. The Morgan fingerprint density at radius 2 is 1.70 bits per heavy atom. The highest BCUT2D eigenvalue weighted by Gasteiger charge is 2.45. The summed E-state index contributed by atoms with van der Waals surface area (Å²) in [5.74, 6) is 0.103. The first-order valence-electron chi connectivity index (χ1n) is 17.8. The second kappa shape index (κ2) is 20.2. The number of nitrogens with zero attached hydrogens (tertiary/aromatic N) is 2. The van der Waals surface area contributed by atoms with Crippen molar-refractivity contribution in [3.63, 3.8) is 0 Å². The average Bonchev–Trinajstić information content (AvgIpc) is 3.70. The maximum absolute atomic E-state index is 14.0. The molecule has 0 radical (unpaired) electrons. The van der Waals surface area contributed by atoms with E-state index in [0.29, 0.717) is 0 Å². The molecular weight excluding hydrogens is 717 g/mol. The van der Waals surface area contributed by atoms with Crippen LogP contribution in [0.4, 0.5) is 4.79 Å². The maximum Gasteiger partial charge on any atom is 0.407 e. The normalized spacial score (nSPS) is 16.8. The van der Waals surface area contributed by atoms with Crippen LogP contribution >= 0.6 is 11.3 Å². The van der Waals surface area contributed by atoms with Crippen molar-refractivity contribution >= 4 is 41.1 Å². The van der Waals surface area contributed by atoms with Crippen molar-refractivity contribution in [1.29, 1.82) is 0 Å². The summed E-state index contributed by atoms with van der Waals surface area (Å²) in [5.41, 5.74) is 3.19. The molecule has 5 amide bonds. The highest BCUT2D eigenvalue weighted by molar-refractivity contribution is 7.13. The first kappa shape index (κ1) is 43.8. The van der Waals surface area contributed by atoms with Crippen LogP contribution < -0.4 is 21.3 Å². The lowest BCUT2D eigenvalue weighted by atomic mass is 9.85. The summed E-state index contributed by atoms with van der Waals surface area (Å²) >= 11 is 1.55. The summed E-state index contributed by atoms with van der Waals surface area (Å²) in [6, 6.07) is 4.49. The number of aliphatic hydroxyl groups excluding tert-OH is 1. The molecule has 15 nitrogen and oxygen atoms in total. The Morgan fingerprint density at radius 1 is 1.02 bits per heavy atom. The molecule has 0 spiro atoms. The number of aliphatic hydroxyl groups is 1. The van der Waals surface area contributed by atoms with Gasteiger partial charge >= 0.3 is 6.09 Å². The number of amides is 5. The molecule has 1 aliphatic heterocycles. The van der Waals surface area contributed by atoms with Crippen molar-refractivity contribution in [2.75, 3.05) is 39.5 Å². The summed E-state index contributed by atoms with van der Waals surface area (Å²) in [5, 5.41) is 21.3. The van der Waals surface area contributed by atoms with E-state index in [-0.39, 0.29) is 58.9 Å². The quantitative estimate of drug-likeness (QED) is 0.118. The summed E-state index contributed by atoms with van der Waals surface area (Å²) in [4.78, 5) is 71.9. The lowest BCUT2D eigenvalue weighted by Crippen LogP contribution is -2.60. The van der Waals surface area contributed by atoms with Crippen molar-refractivity contribution < 1.29 is 43.3 Å². The largest absolute Gasteiger partial charge is 0.444 e. The van der Waals surface area contributed by atoms with Gasteiger partial charge in [-0.3, -0.25) is 19.2 Å². The van der Waals surface area contributed by atoms with E-state index in [1.165, 1.54) is 4.90 Å². The molecule has 54 heavy (non-hydrogen) atoms. The molecular formula is C38H54N6O9S. The van der Waals surface area contributed by atoms with Crippen molar-refractivity contribution in [3.8, 4) is 22.8 Å². The maximum atomic E-state index is 14.0. The number of ether oxygens (including phenoxy) is 3. The Morgan fingerprint density at radius 3 is 2.31 bits per heavy atom. The molecule has 1 saturated heterocycles. The highest BCUT2D eigenvalue weighted by Crippen LogP contribution is 2.28. The zero-order valence-corrected chi connectivity index (χ0v) is 33.0. The molecule has 1 aliphatic rings. The summed E-state index contributed by atoms with van der Waals surface area (Å²) in [6.07, 6.45) is 3.90. The number of aromatic nitrogens is 1. The lowest BCUT2D eigenvalue weighted by molar-refractivity contribution is -0.144. The SMILES string of the molecule is C#CCC(NC(=O)COCCOCCNC(=O)OC(C)(C)C)C(=O)N[C@H](C(=O)N1C[C@H](O)C[C@H]1C(=O)NCc1ccc(-c2scnc2C)cc1)C(C)(C)C. The van der Waals surface area contributed by atoms with Crippen LogP contribution in [0, 0.1) is 24.7 Å². The molecule has 1 aromatic carbocycles. The molecule has 1 fully saturated rings. The van der Waals surface area contributed by atoms with Gasteiger partial charge in [0.05, 0.1) is 42.0 Å².